The summed E-state index contributed by atoms with van der Waals surface area (Å²) < 4.78 is 30.6. The van der Waals surface area contributed by atoms with Crippen LogP contribution in [0.15, 0.2) is 0 Å². The van der Waals surface area contributed by atoms with Gasteiger partial charge < -0.3 is 10.3 Å². The zero-order valence-electron chi connectivity index (χ0n) is 8.87. The fourth-order valence-corrected chi connectivity index (χ4v) is 1.69. The Morgan fingerprint density at radius 2 is 1.36 bits per heavy atom. The number of hydrogen-bond acceptors (Lipinski definition) is 4. The van der Waals surface area contributed by atoms with Gasteiger partial charge >= 0.3 is 51.4 Å². The second-order valence-electron chi connectivity index (χ2n) is 3.17. The molecule has 0 spiro atoms. The summed E-state index contributed by atoms with van der Waals surface area (Å²) in [7, 11) is -3.99. The van der Waals surface area contributed by atoms with E-state index in [9.17, 15) is 13.0 Å². The fraction of sp³-hybridized carbons (Fsp3) is 1.00. The number of unbranched alkanes of at least 4 members (excludes halogenated alkanes) is 5. The molecule has 0 atom stereocenters. The second kappa shape index (κ2) is 11.0. The number of hydrogen-bond donors (Lipinski definition) is 1. The van der Waals surface area contributed by atoms with E-state index < -0.39 is 10.1 Å². The van der Waals surface area contributed by atoms with Crippen molar-refractivity contribution in [3.63, 3.8) is 0 Å². The Morgan fingerprint density at radius 3 is 1.79 bits per heavy atom. The number of nitrogens with two attached hydrogens (primary N) is 1. The van der Waals surface area contributed by atoms with E-state index in [4.69, 9.17) is 5.73 Å². The van der Waals surface area contributed by atoms with E-state index in [1.807, 2.05) is 0 Å². The average molecular weight is 247 g/mol. The van der Waals surface area contributed by atoms with Crippen LogP contribution in [0, 0.1) is 0 Å². The number of rotatable bonds is 8. The Bertz CT molecular complexity index is 207. The largest absolute Gasteiger partial charge is 1.00 e. The van der Waals surface area contributed by atoms with Crippen LogP contribution in [0.25, 0.3) is 0 Å². The molecule has 0 amide bonds. The standard InChI is InChI=1S/C8H19NO3S.K/c9-7-5-3-1-2-4-6-8-13(10,11)12;/h1-9H2,(H,10,11,12);/q;+1/p-1. The van der Waals surface area contributed by atoms with Crippen molar-refractivity contribution in [2.45, 2.75) is 38.5 Å². The zero-order valence-corrected chi connectivity index (χ0v) is 12.8. The molecular weight excluding hydrogens is 229 g/mol. The van der Waals surface area contributed by atoms with Gasteiger partial charge in [-0.25, -0.2) is 8.42 Å². The third-order valence-electron chi connectivity index (χ3n) is 1.85. The molecule has 0 rings (SSSR count). The van der Waals surface area contributed by atoms with E-state index in [0.717, 1.165) is 38.6 Å². The van der Waals surface area contributed by atoms with E-state index in [1.54, 1.807) is 0 Å². The molecule has 80 valence electrons. The van der Waals surface area contributed by atoms with Crippen molar-refractivity contribution in [1.29, 1.82) is 0 Å². The van der Waals surface area contributed by atoms with E-state index in [0.29, 0.717) is 6.42 Å². The van der Waals surface area contributed by atoms with Crippen molar-refractivity contribution in [2.75, 3.05) is 12.3 Å². The van der Waals surface area contributed by atoms with Gasteiger partial charge in [0, 0.05) is 5.75 Å². The van der Waals surface area contributed by atoms with Crippen molar-refractivity contribution >= 4 is 10.1 Å². The van der Waals surface area contributed by atoms with E-state index >= 15 is 0 Å². The van der Waals surface area contributed by atoms with Gasteiger partial charge in [-0.05, 0) is 19.4 Å². The topological polar surface area (TPSA) is 83.2 Å². The first-order chi connectivity index (χ1) is 6.06. The summed E-state index contributed by atoms with van der Waals surface area (Å²) in [5.41, 5.74) is 5.31. The Kier molecular flexibility index (Phi) is 14.1. The average Bonchev–Trinajstić information content (AvgIpc) is 2.01. The Labute approximate surface area is 129 Å². The summed E-state index contributed by atoms with van der Waals surface area (Å²) in [6, 6.07) is 0. The summed E-state index contributed by atoms with van der Waals surface area (Å²) in [6.07, 6.45) is 5.52. The van der Waals surface area contributed by atoms with Crippen molar-refractivity contribution in [1.82, 2.24) is 0 Å². The maximum Gasteiger partial charge on any atom is 1.00 e. The van der Waals surface area contributed by atoms with Crippen LogP contribution in [0.1, 0.15) is 38.5 Å². The third-order valence-corrected chi connectivity index (χ3v) is 2.64. The normalized spacial score (nSPS) is 11.0. The smallest absolute Gasteiger partial charge is 0.748 e. The van der Waals surface area contributed by atoms with Crippen LogP contribution in [0.4, 0.5) is 0 Å². The Morgan fingerprint density at radius 1 is 0.929 bits per heavy atom. The molecule has 0 aliphatic heterocycles. The van der Waals surface area contributed by atoms with Crippen LogP contribution in [0.3, 0.4) is 0 Å². The van der Waals surface area contributed by atoms with Gasteiger partial charge in [-0.15, -0.1) is 0 Å². The van der Waals surface area contributed by atoms with Gasteiger partial charge in [0.25, 0.3) is 0 Å². The molecule has 0 saturated heterocycles. The van der Waals surface area contributed by atoms with Crippen molar-refractivity contribution < 1.29 is 64.4 Å². The van der Waals surface area contributed by atoms with E-state index in [1.165, 1.54) is 0 Å². The van der Waals surface area contributed by atoms with Crippen molar-refractivity contribution in [3.8, 4) is 0 Å². The van der Waals surface area contributed by atoms with Crippen LogP contribution >= 0.6 is 0 Å². The molecule has 0 aromatic carbocycles. The maximum absolute atomic E-state index is 10.2. The summed E-state index contributed by atoms with van der Waals surface area (Å²) >= 11 is 0. The van der Waals surface area contributed by atoms with Gasteiger partial charge in [0.1, 0.15) is 0 Å². The summed E-state index contributed by atoms with van der Waals surface area (Å²) in [5, 5.41) is 0. The molecule has 14 heavy (non-hydrogen) atoms. The molecular formula is C8H18KNO3S. The van der Waals surface area contributed by atoms with Crippen LogP contribution in [0.5, 0.6) is 0 Å². The molecule has 4 nitrogen and oxygen atoms in total. The molecule has 6 heteroatoms. The first-order valence-electron chi connectivity index (χ1n) is 4.70. The summed E-state index contributed by atoms with van der Waals surface area (Å²) in [4.78, 5) is 0. The quantitative estimate of drug-likeness (QED) is 0.301. The molecule has 2 N–H and O–H groups in total. The molecule has 0 bridgehead atoms. The van der Waals surface area contributed by atoms with Gasteiger partial charge in [0.2, 0.25) is 0 Å². The van der Waals surface area contributed by atoms with Crippen LogP contribution < -0.4 is 57.1 Å². The summed E-state index contributed by atoms with van der Waals surface area (Å²) in [5.74, 6) is -0.218. The van der Waals surface area contributed by atoms with Crippen molar-refractivity contribution in [3.05, 3.63) is 0 Å². The van der Waals surface area contributed by atoms with Gasteiger partial charge in [-0.1, -0.05) is 25.7 Å². The predicted molar refractivity (Wildman–Crippen MR) is 51.3 cm³/mol. The molecule has 0 unspecified atom stereocenters. The molecule has 0 saturated carbocycles. The van der Waals surface area contributed by atoms with Gasteiger partial charge in [0.05, 0.1) is 10.1 Å². The minimum atomic E-state index is -3.99. The first kappa shape index (κ1) is 17.9. The van der Waals surface area contributed by atoms with Gasteiger partial charge in [-0.2, -0.15) is 0 Å². The minimum Gasteiger partial charge on any atom is -0.748 e. The molecule has 0 aliphatic carbocycles. The first-order valence-corrected chi connectivity index (χ1v) is 6.27. The van der Waals surface area contributed by atoms with Crippen LogP contribution in [-0.4, -0.2) is 25.3 Å². The van der Waals surface area contributed by atoms with Gasteiger partial charge in [0.15, 0.2) is 0 Å². The maximum atomic E-state index is 10.2. The molecule has 0 aromatic rings. The van der Waals surface area contributed by atoms with Crippen molar-refractivity contribution in [2.24, 2.45) is 5.73 Å². The zero-order chi connectivity index (χ0) is 10.2. The second-order valence-corrected chi connectivity index (χ2v) is 4.70. The van der Waals surface area contributed by atoms with Gasteiger partial charge in [-0.3, -0.25) is 0 Å². The Hall–Kier alpha value is 1.51. The summed E-state index contributed by atoms with van der Waals surface area (Å²) in [6.45, 7) is 0.717. The SMILES string of the molecule is NCCCCCCCCS(=O)(=O)[O-].[K+]. The van der Waals surface area contributed by atoms with E-state index in [2.05, 4.69) is 0 Å². The van der Waals surface area contributed by atoms with Crippen LogP contribution in [0.2, 0.25) is 0 Å². The Balaban J connectivity index is 0. The molecule has 0 heterocycles. The molecule has 0 radical (unpaired) electrons. The molecule has 0 fully saturated rings. The molecule has 0 aromatic heterocycles. The monoisotopic (exact) mass is 247 g/mol. The fourth-order valence-electron chi connectivity index (χ4n) is 1.13. The molecule has 0 aliphatic rings. The van der Waals surface area contributed by atoms with E-state index in [-0.39, 0.29) is 57.1 Å². The predicted octanol–water partition coefficient (Wildman–Crippen LogP) is -2.17. The van der Waals surface area contributed by atoms with Crippen LogP contribution in [-0.2, 0) is 10.1 Å². The minimum absolute atomic E-state index is 0. The third kappa shape index (κ3) is 16.0.